The van der Waals surface area contributed by atoms with E-state index in [0.717, 1.165) is 108 Å². The molecular weight excluding hydrogens is 1350 g/mol. The van der Waals surface area contributed by atoms with Crippen molar-refractivity contribution < 1.29 is 80.2 Å². The standard InChI is InChI=1S/C85H166O17P2/c1-7-9-11-13-14-15-16-17-18-19-20-21-22-26-29-35-40-45-50-56-62-68-83(88)96-74-81(102-85(90)70-64-57-51-46-41-36-30-27-24-23-25-28-33-38-43-48-54-59-65-77(3)4)76-100-104(93,94)98-72-79(86)71-97-103(91,92)99-75-80(73-95-82(87)67-61-53-12-10-8-2)101-84(89)69-63-58-52-47-42-37-32-31-34-39-44-49-55-60-66-78(5)6/h77-81,86H,7-76H2,1-6H3,(H,91,92)(H,93,94)/t79-,80+,81+/m0/s1. The summed E-state index contributed by atoms with van der Waals surface area (Å²) in [5, 5.41) is 10.6. The molecule has 0 spiro atoms. The second kappa shape index (κ2) is 76.4. The number of esters is 4. The monoisotopic (exact) mass is 1520 g/mol. The van der Waals surface area contributed by atoms with E-state index >= 15 is 0 Å². The van der Waals surface area contributed by atoms with Crippen LogP contribution in [0.25, 0.3) is 0 Å². The number of carbonyl (C=O) groups is 4. The third-order valence-corrected chi connectivity index (χ3v) is 21.9. The number of carbonyl (C=O) groups excluding carboxylic acids is 4. The fraction of sp³-hybridized carbons (Fsp3) is 0.953. The number of rotatable bonds is 84. The largest absolute Gasteiger partial charge is 0.472 e. The van der Waals surface area contributed by atoms with Gasteiger partial charge in [0, 0.05) is 25.7 Å². The number of hydrogen-bond acceptors (Lipinski definition) is 15. The van der Waals surface area contributed by atoms with Crippen LogP contribution in [0.3, 0.4) is 0 Å². The molecule has 0 heterocycles. The molecule has 0 saturated carbocycles. The predicted molar refractivity (Wildman–Crippen MR) is 428 cm³/mol. The van der Waals surface area contributed by atoms with Crippen LogP contribution in [0.1, 0.15) is 452 Å². The molecule has 0 aromatic heterocycles. The van der Waals surface area contributed by atoms with Crippen LogP contribution in [0.15, 0.2) is 0 Å². The summed E-state index contributed by atoms with van der Waals surface area (Å²) >= 11 is 0. The van der Waals surface area contributed by atoms with Crippen molar-refractivity contribution in [3.63, 3.8) is 0 Å². The molecule has 0 radical (unpaired) electrons. The third kappa shape index (κ3) is 78.2. The summed E-state index contributed by atoms with van der Waals surface area (Å²) < 4.78 is 68.6. The van der Waals surface area contributed by atoms with Crippen molar-refractivity contribution >= 4 is 39.5 Å². The number of hydrogen-bond donors (Lipinski definition) is 3. The minimum atomic E-state index is -4.96. The van der Waals surface area contributed by atoms with Crippen molar-refractivity contribution in [2.24, 2.45) is 11.8 Å². The average molecular weight is 1520 g/mol. The molecule has 0 amide bonds. The lowest BCUT2D eigenvalue weighted by atomic mass is 10.0. The topological polar surface area (TPSA) is 237 Å². The van der Waals surface area contributed by atoms with Gasteiger partial charge in [0.15, 0.2) is 12.2 Å². The summed E-state index contributed by atoms with van der Waals surface area (Å²) in [6.07, 6.45) is 68.6. The maximum absolute atomic E-state index is 13.1. The lowest BCUT2D eigenvalue weighted by Gasteiger charge is -2.21. The molecule has 0 saturated heterocycles. The van der Waals surface area contributed by atoms with Crippen molar-refractivity contribution in [2.75, 3.05) is 39.6 Å². The maximum Gasteiger partial charge on any atom is 0.472 e. The minimum absolute atomic E-state index is 0.107. The van der Waals surface area contributed by atoms with Crippen LogP contribution in [0.4, 0.5) is 0 Å². The molecule has 0 rings (SSSR count). The molecule has 104 heavy (non-hydrogen) atoms. The molecule has 0 aliphatic carbocycles. The van der Waals surface area contributed by atoms with Crippen molar-refractivity contribution in [3.05, 3.63) is 0 Å². The molecular formula is C85H166O17P2. The second-order valence-corrected chi connectivity index (χ2v) is 34.4. The highest BCUT2D eigenvalue weighted by atomic mass is 31.2. The first kappa shape index (κ1) is 102. The SMILES string of the molecule is CCCCCCCCCCCCCCCCCCCCCCCC(=O)OC[C@H](COP(=O)(O)OC[C@@H](O)COP(=O)(O)OC[C@@H](COC(=O)CCCCCCC)OC(=O)CCCCCCCCCCCCCCCCC(C)C)OC(=O)CCCCCCCCCCCCCCCCCCCCC(C)C. The van der Waals surface area contributed by atoms with Crippen LogP contribution in [-0.4, -0.2) is 96.7 Å². The Kier molecular flexibility index (Phi) is 75.0. The molecule has 0 aliphatic rings. The number of aliphatic hydroxyl groups excluding tert-OH is 1. The summed E-state index contributed by atoms with van der Waals surface area (Å²) in [5.41, 5.74) is 0. The molecule has 19 heteroatoms. The predicted octanol–water partition coefficient (Wildman–Crippen LogP) is 25.8. The quantitative estimate of drug-likeness (QED) is 0.0222. The molecule has 0 aromatic rings. The van der Waals surface area contributed by atoms with Crippen LogP contribution in [0.5, 0.6) is 0 Å². The zero-order valence-corrected chi connectivity index (χ0v) is 70.1. The van der Waals surface area contributed by atoms with E-state index in [1.165, 1.54) is 263 Å². The van der Waals surface area contributed by atoms with Crippen LogP contribution in [0, 0.1) is 11.8 Å². The molecule has 0 fully saturated rings. The highest BCUT2D eigenvalue weighted by molar-refractivity contribution is 7.47. The van der Waals surface area contributed by atoms with Gasteiger partial charge < -0.3 is 33.8 Å². The van der Waals surface area contributed by atoms with E-state index in [1.54, 1.807) is 0 Å². The van der Waals surface area contributed by atoms with Crippen LogP contribution in [0.2, 0.25) is 0 Å². The van der Waals surface area contributed by atoms with E-state index in [4.69, 9.17) is 37.0 Å². The van der Waals surface area contributed by atoms with Gasteiger partial charge in [0.25, 0.3) is 0 Å². The number of aliphatic hydroxyl groups is 1. The van der Waals surface area contributed by atoms with Gasteiger partial charge in [0.05, 0.1) is 26.4 Å². The minimum Gasteiger partial charge on any atom is -0.462 e. The summed E-state index contributed by atoms with van der Waals surface area (Å²) in [4.78, 5) is 72.9. The highest BCUT2D eigenvalue weighted by Gasteiger charge is 2.30. The van der Waals surface area contributed by atoms with E-state index in [2.05, 4.69) is 41.5 Å². The van der Waals surface area contributed by atoms with E-state index in [1.807, 2.05) is 0 Å². The van der Waals surface area contributed by atoms with Gasteiger partial charge in [0.1, 0.15) is 19.3 Å². The average Bonchev–Trinajstić information content (AvgIpc) is 0.906. The summed E-state index contributed by atoms with van der Waals surface area (Å²) in [7, 11) is -9.91. The Labute approximate surface area is 638 Å². The van der Waals surface area contributed by atoms with Gasteiger partial charge in [-0.15, -0.1) is 0 Å². The van der Waals surface area contributed by atoms with E-state index in [9.17, 15) is 43.2 Å². The fourth-order valence-corrected chi connectivity index (χ4v) is 14.8. The van der Waals surface area contributed by atoms with Crippen molar-refractivity contribution in [1.82, 2.24) is 0 Å². The Morgan fingerprint density at radius 3 is 0.654 bits per heavy atom. The maximum atomic E-state index is 13.1. The fourth-order valence-electron chi connectivity index (χ4n) is 13.2. The first-order valence-corrected chi connectivity index (χ1v) is 47.0. The van der Waals surface area contributed by atoms with Crippen molar-refractivity contribution in [3.8, 4) is 0 Å². The van der Waals surface area contributed by atoms with Crippen LogP contribution >= 0.6 is 15.6 Å². The summed E-state index contributed by atoms with van der Waals surface area (Å²) in [5.74, 6) is -0.500. The van der Waals surface area contributed by atoms with E-state index < -0.39 is 97.5 Å². The van der Waals surface area contributed by atoms with E-state index in [-0.39, 0.29) is 25.7 Å². The normalized spacial score (nSPS) is 13.8. The number of phosphoric ester groups is 2. The third-order valence-electron chi connectivity index (χ3n) is 20.0. The number of ether oxygens (including phenoxy) is 4. The summed E-state index contributed by atoms with van der Waals surface area (Å²) in [6, 6.07) is 0. The summed E-state index contributed by atoms with van der Waals surface area (Å²) in [6.45, 7) is 9.62. The second-order valence-electron chi connectivity index (χ2n) is 31.5. The van der Waals surface area contributed by atoms with Crippen LogP contribution < -0.4 is 0 Å². The lowest BCUT2D eigenvalue weighted by molar-refractivity contribution is -0.161. The lowest BCUT2D eigenvalue weighted by Crippen LogP contribution is -2.30. The first-order chi connectivity index (χ1) is 50.4. The Morgan fingerprint density at radius 1 is 0.260 bits per heavy atom. The molecule has 5 atom stereocenters. The van der Waals surface area contributed by atoms with Gasteiger partial charge in [-0.3, -0.25) is 37.3 Å². The van der Waals surface area contributed by atoms with Gasteiger partial charge in [0.2, 0.25) is 0 Å². The molecule has 618 valence electrons. The van der Waals surface area contributed by atoms with Crippen molar-refractivity contribution in [1.29, 1.82) is 0 Å². The van der Waals surface area contributed by atoms with Crippen LogP contribution in [-0.2, 0) is 65.4 Å². The Morgan fingerprint density at radius 2 is 0.442 bits per heavy atom. The number of phosphoric acid groups is 2. The Balaban J connectivity index is 5.10. The van der Waals surface area contributed by atoms with Gasteiger partial charge in [-0.1, -0.05) is 401 Å². The number of unbranched alkanes of at least 4 members (excludes halogenated alkanes) is 54. The molecule has 2 unspecified atom stereocenters. The highest BCUT2D eigenvalue weighted by Crippen LogP contribution is 2.45. The Hall–Kier alpha value is -1.94. The molecule has 3 N–H and O–H groups in total. The van der Waals surface area contributed by atoms with Crippen molar-refractivity contribution in [2.45, 2.75) is 471 Å². The molecule has 0 aromatic carbocycles. The molecule has 0 bridgehead atoms. The molecule has 0 aliphatic heterocycles. The zero-order chi connectivity index (χ0) is 76.4. The van der Waals surface area contributed by atoms with Gasteiger partial charge in [-0.25, -0.2) is 9.13 Å². The first-order valence-electron chi connectivity index (χ1n) is 44.0. The molecule has 17 nitrogen and oxygen atoms in total. The Bertz CT molecular complexity index is 1990. The van der Waals surface area contributed by atoms with Gasteiger partial charge >= 0.3 is 39.5 Å². The van der Waals surface area contributed by atoms with Gasteiger partial charge in [-0.05, 0) is 37.5 Å². The zero-order valence-electron chi connectivity index (χ0n) is 68.3. The van der Waals surface area contributed by atoms with Gasteiger partial charge in [-0.2, -0.15) is 0 Å². The smallest absolute Gasteiger partial charge is 0.462 e. The van der Waals surface area contributed by atoms with E-state index in [0.29, 0.717) is 25.7 Å².